The Morgan fingerprint density at radius 1 is 0.962 bits per heavy atom. The highest BCUT2D eigenvalue weighted by Gasteiger charge is 2.27. The number of nitrogens with zero attached hydrogens (tertiary/aromatic N) is 2. The first kappa shape index (κ1) is 17.7. The minimum Gasteiger partial charge on any atom is -0.475 e. The summed E-state index contributed by atoms with van der Waals surface area (Å²) in [6.45, 7) is 2.78. The van der Waals surface area contributed by atoms with Gasteiger partial charge in [0.1, 0.15) is 5.82 Å². The number of carboxylic acid groups (broad SMARTS) is 1. The molecule has 0 spiro atoms. The Bertz CT molecular complexity index is 868. The van der Waals surface area contributed by atoms with Crippen LogP contribution in [0.2, 0.25) is 0 Å². The van der Waals surface area contributed by atoms with Gasteiger partial charge in [0, 0.05) is 31.7 Å². The van der Waals surface area contributed by atoms with Crippen molar-refractivity contribution in [2.75, 3.05) is 26.2 Å². The van der Waals surface area contributed by atoms with Gasteiger partial charge in [-0.05, 0) is 36.8 Å². The maximum absolute atomic E-state index is 13.6. The number of halogens is 1. The fourth-order valence-corrected chi connectivity index (χ4v) is 2.74. The van der Waals surface area contributed by atoms with E-state index < -0.39 is 17.7 Å². The number of benzene rings is 1. The summed E-state index contributed by atoms with van der Waals surface area (Å²) in [5.41, 5.74) is 0.737. The monoisotopic (exact) mass is 360 g/mol. The van der Waals surface area contributed by atoms with E-state index in [9.17, 15) is 18.8 Å². The fraction of sp³-hybridized carbons (Fsp3) is 0.278. The summed E-state index contributed by atoms with van der Waals surface area (Å²) in [7, 11) is 0. The fourth-order valence-electron chi connectivity index (χ4n) is 2.74. The zero-order chi connectivity index (χ0) is 18.8. The Kier molecular flexibility index (Phi) is 4.75. The minimum absolute atomic E-state index is 0.0530. The van der Waals surface area contributed by atoms with Crippen molar-refractivity contribution >= 4 is 17.8 Å². The molecule has 2 heterocycles. The number of amides is 2. The topological polar surface area (TPSA) is 91.1 Å². The number of furan rings is 1. The van der Waals surface area contributed by atoms with E-state index in [1.807, 2.05) is 0 Å². The molecule has 1 N–H and O–H groups in total. The first-order valence-corrected chi connectivity index (χ1v) is 8.04. The van der Waals surface area contributed by atoms with E-state index in [4.69, 9.17) is 9.52 Å². The minimum atomic E-state index is -1.25. The first-order valence-electron chi connectivity index (χ1n) is 8.04. The van der Waals surface area contributed by atoms with Crippen LogP contribution in [0.25, 0.3) is 0 Å². The molecule has 0 atom stereocenters. The van der Waals surface area contributed by atoms with Crippen LogP contribution < -0.4 is 0 Å². The van der Waals surface area contributed by atoms with Crippen LogP contribution in [-0.2, 0) is 0 Å². The van der Waals surface area contributed by atoms with Crippen LogP contribution in [0.15, 0.2) is 34.7 Å². The van der Waals surface area contributed by atoms with E-state index >= 15 is 0 Å². The van der Waals surface area contributed by atoms with Crippen LogP contribution in [0.3, 0.4) is 0 Å². The average molecular weight is 360 g/mol. The summed E-state index contributed by atoms with van der Waals surface area (Å²) in [4.78, 5) is 38.7. The summed E-state index contributed by atoms with van der Waals surface area (Å²) in [5, 5.41) is 8.84. The maximum Gasteiger partial charge on any atom is 0.371 e. The Morgan fingerprint density at radius 2 is 1.54 bits per heavy atom. The number of carbonyl (C=O) groups is 3. The van der Waals surface area contributed by atoms with Crippen LogP contribution in [-0.4, -0.2) is 58.9 Å². The molecule has 136 valence electrons. The molecule has 0 unspecified atom stereocenters. The van der Waals surface area contributed by atoms with Gasteiger partial charge < -0.3 is 19.3 Å². The van der Waals surface area contributed by atoms with Gasteiger partial charge in [-0.15, -0.1) is 0 Å². The Morgan fingerprint density at radius 3 is 2.08 bits per heavy atom. The highest BCUT2D eigenvalue weighted by Crippen LogP contribution is 2.16. The third-order valence-electron chi connectivity index (χ3n) is 4.30. The van der Waals surface area contributed by atoms with Gasteiger partial charge in [0.25, 0.3) is 11.8 Å². The van der Waals surface area contributed by atoms with Crippen molar-refractivity contribution in [3.63, 3.8) is 0 Å². The van der Waals surface area contributed by atoms with Crippen molar-refractivity contribution in [2.24, 2.45) is 0 Å². The van der Waals surface area contributed by atoms with E-state index in [-0.39, 0.29) is 36.1 Å². The summed E-state index contributed by atoms with van der Waals surface area (Å²) >= 11 is 0. The molecule has 0 radical (unpaired) electrons. The van der Waals surface area contributed by atoms with Crippen LogP contribution in [0.5, 0.6) is 0 Å². The van der Waals surface area contributed by atoms with Gasteiger partial charge in [0.05, 0.1) is 0 Å². The highest BCUT2D eigenvalue weighted by atomic mass is 19.1. The Labute approximate surface area is 148 Å². The second-order valence-electron chi connectivity index (χ2n) is 6.02. The molecule has 1 aliphatic rings. The lowest BCUT2D eigenvalue weighted by Crippen LogP contribution is -2.50. The van der Waals surface area contributed by atoms with Gasteiger partial charge in [0.15, 0.2) is 5.76 Å². The predicted molar refractivity (Wildman–Crippen MR) is 88.6 cm³/mol. The normalized spacial score (nSPS) is 14.4. The lowest BCUT2D eigenvalue weighted by atomic mass is 10.1. The molecule has 1 fully saturated rings. The molecule has 2 aromatic rings. The SMILES string of the molecule is Cc1ccc(C(=O)N2CCN(C(=O)c3ccc(C(=O)O)o3)CC2)cc1F. The molecule has 1 aromatic heterocycles. The summed E-state index contributed by atoms with van der Waals surface area (Å²) in [6, 6.07) is 6.89. The van der Waals surface area contributed by atoms with Crippen LogP contribution >= 0.6 is 0 Å². The van der Waals surface area contributed by atoms with Crippen LogP contribution in [0, 0.1) is 12.7 Å². The molecule has 1 aliphatic heterocycles. The molecule has 0 aliphatic carbocycles. The van der Waals surface area contributed by atoms with E-state index in [0.717, 1.165) is 0 Å². The summed E-state index contributed by atoms with van der Waals surface area (Å²) < 4.78 is 18.7. The molecule has 0 saturated carbocycles. The maximum atomic E-state index is 13.6. The molecule has 1 saturated heterocycles. The standard InChI is InChI=1S/C18H17FN2O5/c1-11-2-3-12(10-13(11)19)16(22)20-6-8-21(9-7-20)17(23)14-4-5-15(26-14)18(24)25/h2-5,10H,6-9H2,1H3,(H,24,25). The molecule has 3 rings (SSSR count). The van der Waals surface area contributed by atoms with Crippen LogP contribution in [0.4, 0.5) is 4.39 Å². The van der Waals surface area contributed by atoms with Crippen molar-refractivity contribution in [1.29, 1.82) is 0 Å². The second kappa shape index (κ2) is 6.99. The van der Waals surface area contributed by atoms with Crippen LogP contribution in [0.1, 0.15) is 37.0 Å². The zero-order valence-electron chi connectivity index (χ0n) is 14.1. The lowest BCUT2D eigenvalue weighted by molar-refractivity contribution is 0.0512. The molecule has 0 bridgehead atoms. The lowest BCUT2D eigenvalue weighted by Gasteiger charge is -2.34. The quantitative estimate of drug-likeness (QED) is 0.904. The smallest absolute Gasteiger partial charge is 0.371 e. The third-order valence-corrected chi connectivity index (χ3v) is 4.30. The third kappa shape index (κ3) is 3.44. The largest absolute Gasteiger partial charge is 0.475 e. The summed E-state index contributed by atoms with van der Waals surface area (Å²) in [6.07, 6.45) is 0. The van der Waals surface area contributed by atoms with Gasteiger partial charge in [-0.1, -0.05) is 6.07 Å². The van der Waals surface area contributed by atoms with E-state index in [1.165, 1.54) is 23.1 Å². The average Bonchev–Trinajstić information content (AvgIpc) is 3.13. The number of piperazine rings is 1. The zero-order valence-corrected chi connectivity index (χ0v) is 14.1. The number of hydrogen-bond acceptors (Lipinski definition) is 4. The van der Waals surface area contributed by atoms with E-state index in [1.54, 1.807) is 24.0 Å². The molecule has 1 aromatic carbocycles. The van der Waals surface area contributed by atoms with Gasteiger partial charge in [-0.25, -0.2) is 9.18 Å². The van der Waals surface area contributed by atoms with Crippen molar-refractivity contribution in [2.45, 2.75) is 6.92 Å². The molecular weight excluding hydrogens is 343 g/mol. The highest BCUT2D eigenvalue weighted by molar-refractivity contribution is 5.95. The molecular formula is C18H17FN2O5. The number of aromatic carboxylic acids is 1. The molecule has 8 heteroatoms. The van der Waals surface area contributed by atoms with Gasteiger partial charge in [-0.2, -0.15) is 0 Å². The number of aryl methyl sites for hydroxylation is 1. The van der Waals surface area contributed by atoms with Crippen molar-refractivity contribution in [3.05, 3.63) is 58.8 Å². The van der Waals surface area contributed by atoms with Crippen molar-refractivity contribution < 1.29 is 28.3 Å². The molecule has 7 nitrogen and oxygen atoms in total. The Hall–Kier alpha value is -3.16. The summed E-state index contributed by atoms with van der Waals surface area (Å²) in [5.74, 6) is -2.75. The first-order chi connectivity index (χ1) is 12.4. The van der Waals surface area contributed by atoms with Crippen molar-refractivity contribution in [3.8, 4) is 0 Å². The van der Waals surface area contributed by atoms with Gasteiger partial charge in [-0.3, -0.25) is 9.59 Å². The second-order valence-corrected chi connectivity index (χ2v) is 6.02. The van der Waals surface area contributed by atoms with Gasteiger partial charge in [0.2, 0.25) is 5.76 Å². The number of carbonyl (C=O) groups excluding carboxylic acids is 2. The van der Waals surface area contributed by atoms with E-state index in [2.05, 4.69) is 0 Å². The molecule has 26 heavy (non-hydrogen) atoms. The number of hydrogen-bond donors (Lipinski definition) is 1. The van der Waals surface area contributed by atoms with E-state index in [0.29, 0.717) is 18.7 Å². The molecule has 2 amide bonds. The van der Waals surface area contributed by atoms with Crippen molar-refractivity contribution in [1.82, 2.24) is 9.80 Å². The number of carboxylic acids is 1. The number of rotatable bonds is 3. The Balaban J connectivity index is 1.62. The van der Waals surface area contributed by atoms with Gasteiger partial charge >= 0.3 is 5.97 Å². The predicted octanol–water partition coefficient (Wildman–Crippen LogP) is 2.02.